The van der Waals surface area contributed by atoms with Gasteiger partial charge >= 0.3 is 47.8 Å². The number of benzene rings is 1. The Hall–Kier alpha value is -8.03. The molecule has 2 fully saturated rings. The molecule has 4 atom stereocenters. The number of primary amides is 1. The number of carbonyl (C=O) groups is 13. The average Bonchev–Trinajstić information content (AvgIpc) is 1.59. The molecule has 35 nitrogen and oxygen atoms in total. The van der Waals surface area contributed by atoms with Crippen LogP contribution >= 0.6 is 0 Å². The van der Waals surface area contributed by atoms with Gasteiger partial charge in [-0.15, -0.1) is 0 Å². The minimum absolute atomic E-state index is 0.00390. The number of nitrogens with zero attached hydrogens (tertiary/aromatic N) is 8. The number of carbonyl (C=O) groups excluding carboxylic acids is 5. The van der Waals surface area contributed by atoms with Crippen molar-refractivity contribution in [3.63, 3.8) is 0 Å². The third kappa shape index (κ3) is 32.5. The van der Waals surface area contributed by atoms with Gasteiger partial charge in [0.1, 0.15) is 18.1 Å². The van der Waals surface area contributed by atoms with Crippen molar-refractivity contribution in [2.45, 2.75) is 82.2 Å². The zero-order valence-corrected chi connectivity index (χ0v) is 51.3. The molecule has 510 valence electrons. The molecule has 2 saturated heterocycles. The number of aliphatic carboxylic acids is 8. The molecule has 0 spiro atoms. The maximum atomic E-state index is 14.0. The second kappa shape index (κ2) is 41.4. The van der Waals surface area contributed by atoms with Gasteiger partial charge in [0, 0.05) is 144 Å². The maximum Gasteiger partial charge on any atom is 0.320 e. The van der Waals surface area contributed by atoms with Gasteiger partial charge in [0.05, 0.1) is 45.3 Å². The van der Waals surface area contributed by atoms with Gasteiger partial charge < -0.3 is 73.2 Å². The van der Waals surface area contributed by atoms with Gasteiger partial charge in [-0.3, -0.25) is 102 Å². The molecule has 91 heavy (non-hydrogen) atoms. The second-order valence-corrected chi connectivity index (χ2v) is 22.2. The molecule has 35 heteroatoms. The molecule has 3 rings (SSSR count). The van der Waals surface area contributed by atoms with Crippen LogP contribution in [0.1, 0.15) is 56.1 Å². The van der Waals surface area contributed by atoms with E-state index in [4.69, 9.17) is 5.73 Å². The average molecular weight is 1300 g/mol. The van der Waals surface area contributed by atoms with E-state index in [2.05, 4.69) is 26.6 Å². The zero-order chi connectivity index (χ0) is 67.6. The summed E-state index contributed by atoms with van der Waals surface area (Å²) in [5.41, 5.74) is 6.51. The molecule has 2 heterocycles. The van der Waals surface area contributed by atoms with Gasteiger partial charge in [0.2, 0.25) is 29.5 Å². The van der Waals surface area contributed by atoms with Crippen molar-refractivity contribution in [1.82, 2.24) is 65.8 Å². The molecule has 2 aliphatic rings. The number of likely N-dealkylation sites (N-methyl/N-ethyl adjacent to an activating group) is 1. The predicted octanol–water partition coefficient (Wildman–Crippen LogP) is -5.82. The highest BCUT2D eigenvalue weighted by molar-refractivity contribution is 5.88. The molecule has 15 N–H and O–H groups in total. The van der Waals surface area contributed by atoms with Crippen LogP contribution in [0.3, 0.4) is 0 Å². The SMILES string of the molecule is CN[C@@H](CCC(N)=O)C(=O)NCc1ccc(CNC(=O)[C@H](CCNC(=O)CCC(C(=O)O)N2CCN(CC(=O)O)CCN(CC(=O)O)CCN(CC(=O)O)CC2)NC(=O)CCC(C(=O)O)N2CCN(CC(=O)O)CCN(CC(=O)O)CCN(CC(=O)O)CC2)cc1. The Labute approximate surface area is 525 Å². The molecule has 0 aromatic heterocycles. The Kier molecular flexibility index (Phi) is 35.1. The summed E-state index contributed by atoms with van der Waals surface area (Å²) in [6.07, 6.45) is -1.57. The Morgan fingerprint density at radius 1 is 0.396 bits per heavy atom. The second-order valence-electron chi connectivity index (χ2n) is 22.2. The maximum absolute atomic E-state index is 14.0. The van der Waals surface area contributed by atoms with E-state index in [0.29, 0.717) is 11.1 Å². The lowest BCUT2D eigenvalue weighted by Crippen LogP contribution is -2.52. The number of carboxylic acid groups (broad SMARTS) is 8. The molecule has 5 amide bonds. The Balaban J connectivity index is 1.84. The number of amides is 5. The van der Waals surface area contributed by atoms with Crippen LogP contribution < -0.4 is 32.3 Å². The van der Waals surface area contributed by atoms with Gasteiger partial charge in [-0.1, -0.05) is 24.3 Å². The highest BCUT2D eigenvalue weighted by Gasteiger charge is 2.32. The first kappa shape index (κ1) is 77.2. The monoisotopic (exact) mass is 1290 g/mol. The summed E-state index contributed by atoms with van der Waals surface area (Å²) in [7, 11) is 1.57. The topological polar surface area (TPSA) is 496 Å². The Morgan fingerprint density at radius 2 is 0.692 bits per heavy atom. The van der Waals surface area contributed by atoms with Crippen molar-refractivity contribution in [2.24, 2.45) is 5.73 Å². The highest BCUT2D eigenvalue weighted by Crippen LogP contribution is 2.14. The fourth-order valence-electron chi connectivity index (χ4n) is 10.4. The normalized spacial score (nSPS) is 17.8. The molecular weight excluding hydrogens is 1200 g/mol. The third-order valence-electron chi connectivity index (χ3n) is 15.3. The van der Waals surface area contributed by atoms with Gasteiger partial charge in [0.25, 0.3) is 0 Å². The van der Waals surface area contributed by atoms with Gasteiger partial charge in [0.15, 0.2) is 0 Å². The molecule has 1 aromatic rings. The third-order valence-corrected chi connectivity index (χ3v) is 15.3. The summed E-state index contributed by atoms with van der Waals surface area (Å²) in [5, 5.41) is 92.4. The zero-order valence-electron chi connectivity index (χ0n) is 51.3. The lowest BCUT2D eigenvalue weighted by atomic mass is 10.1. The summed E-state index contributed by atoms with van der Waals surface area (Å²) in [5.74, 6) is -12.9. The van der Waals surface area contributed by atoms with E-state index in [1.54, 1.807) is 41.1 Å². The molecular formula is C56H90N14O21. The van der Waals surface area contributed by atoms with Crippen molar-refractivity contribution >= 4 is 77.3 Å². The quantitative estimate of drug-likeness (QED) is 0.0298. The molecule has 2 unspecified atom stereocenters. The van der Waals surface area contributed by atoms with E-state index in [0.717, 1.165) is 0 Å². The molecule has 0 radical (unpaired) electrons. The van der Waals surface area contributed by atoms with E-state index in [1.165, 1.54) is 29.4 Å². The number of nitrogens with one attached hydrogen (secondary N) is 5. The van der Waals surface area contributed by atoms with Gasteiger partial charge in [-0.05, 0) is 43.9 Å². The smallest absolute Gasteiger partial charge is 0.320 e. The fourth-order valence-corrected chi connectivity index (χ4v) is 10.4. The molecule has 0 saturated carbocycles. The van der Waals surface area contributed by atoms with Crippen molar-refractivity contribution in [1.29, 1.82) is 0 Å². The van der Waals surface area contributed by atoms with E-state index in [1.807, 2.05) is 0 Å². The first-order valence-electron chi connectivity index (χ1n) is 29.8. The van der Waals surface area contributed by atoms with Crippen molar-refractivity contribution < 1.29 is 103 Å². The number of nitrogens with two attached hydrogens (primary N) is 1. The summed E-state index contributed by atoms with van der Waals surface area (Å²) < 4.78 is 0. The predicted molar refractivity (Wildman–Crippen MR) is 320 cm³/mol. The van der Waals surface area contributed by atoms with Crippen LogP contribution in [-0.2, 0) is 75.4 Å². The number of hydrogen-bond acceptors (Lipinski definition) is 22. The molecule has 1 aromatic carbocycles. The number of carboxylic acids is 8. The molecule has 2 aliphatic heterocycles. The minimum atomic E-state index is -1.40. The summed E-state index contributed by atoms with van der Waals surface area (Å²) in [6.45, 7) is -2.40. The van der Waals surface area contributed by atoms with E-state index in [-0.39, 0.29) is 175 Å². The van der Waals surface area contributed by atoms with Crippen LogP contribution in [0.5, 0.6) is 0 Å². The van der Waals surface area contributed by atoms with E-state index in [9.17, 15) is 103 Å². The largest absolute Gasteiger partial charge is 0.480 e. The lowest BCUT2D eigenvalue weighted by Gasteiger charge is -2.35. The van der Waals surface area contributed by atoms with Crippen LogP contribution in [0.2, 0.25) is 0 Å². The summed E-state index contributed by atoms with van der Waals surface area (Å²) >= 11 is 0. The Morgan fingerprint density at radius 3 is 0.978 bits per heavy atom. The van der Waals surface area contributed by atoms with Gasteiger partial charge in [-0.25, -0.2) is 0 Å². The fraction of sp³-hybridized carbons (Fsp3) is 0.661. The molecule has 0 bridgehead atoms. The van der Waals surface area contributed by atoms with Crippen LogP contribution in [0, 0.1) is 0 Å². The van der Waals surface area contributed by atoms with E-state index < -0.39 is 135 Å². The highest BCUT2D eigenvalue weighted by atomic mass is 16.4. The standard InChI is InChI=1S/C56H90N14O21/c1-58-40(6-9-44(57)71)53(86)60-30-38-2-4-39(5-3-38)31-61-54(87)41(62-46(73)11-8-43(56(90)91)70-28-24-67(36-51(82)83)20-16-64(33-48(76)77)17-21-68(25-29-70)37-52(84)85)12-13-59-45(72)10-7-42(55(88)89)69-26-22-65(34-49(78)79)18-14-63(32-47(74)75)15-19-66(23-27-69)35-50(80)81/h2-5,40-43,58H,6-37H2,1H3,(H2,57,71)(H,59,72)(H,60,86)(H,61,87)(H,62,73)(H,74,75)(H,76,77)(H,78,79)(H,80,81)(H,82,83)(H,84,85)(H,88,89)(H,90,91)/t40-,41-,42?,43?/m0/s1. The minimum Gasteiger partial charge on any atom is -0.480 e. The van der Waals surface area contributed by atoms with Gasteiger partial charge in [-0.2, -0.15) is 0 Å². The first-order chi connectivity index (χ1) is 43.1. The van der Waals surface area contributed by atoms with Crippen molar-refractivity contribution in [3.05, 3.63) is 35.4 Å². The van der Waals surface area contributed by atoms with E-state index >= 15 is 0 Å². The first-order valence-corrected chi connectivity index (χ1v) is 29.8. The van der Waals surface area contributed by atoms with Crippen LogP contribution in [0.4, 0.5) is 0 Å². The van der Waals surface area contributed by atoms with Crippen LogP contribution in [-0.4, -0.2) is 339 Å². The molecule has 0 aliphatic carbocycles. The van der Waals surface area contributed by atoms with Crippen LogP contribution in [0.15, 0.2) is 24.3 Å². The van der Waals surface area contributed by atoms with Crippen LogP contribution in [0.25, 0.3) is 0 Å². The number of rotatable bonds is 36. The Bertz CT molecular complexity index is 2540. The lowest BCUT2D eigenvalue weighted by molar-refractivity contribution is -0.145. The number of hydrogen-bond donors (Lipinski definition) is 14. The summed E-state index contributed by atoms with van der Waals surface area (Å²) in [6, 6.07) is 1.97. The summed E-state index contributed by atoms with van der Waals surface area (Å²) in [4.78, 5) is 174. The van der Waals surface area contributed by atoms with Crippen molar-refractivity contribution in [2.75, 3.05) is 158 Å². The van der Waals surface area contributed by atoms with Crippen molar-refractivity contribution in [3.8, 4) is 0 Å².